The average molecular weight is 330 g/mol. The van der Waals surface area contributed by atoms with Crippen molar-refractivity contribution in [2.75, 3.05) is 13.1 Å². The molecule has 0 bridgehead atoms. The third-order valence-corrected chi connectivity index (χ3v) is 4.72. The van der Waals surface area contributed by atoms with Gasteiger partial charge in [0.2, 0.25) is 15.9 Å². The number of benzene rings is 1. The van der Waals surface area contributed by atoms with Crippen molar-refractivity contribution >= 4 is 27.5 Å². The summed E-state index contributed by atoms with van der Waals surface area (Å²) in [6, 6.07) is 5.66. The highest BCUT2D eigenvalue weighted by Gasteiger charge is 2.27. The number of hydrogen-bond acceptors (Lipinski definition) is 4. The van der Waals surface area contributed by atoms with Crippen molar-refractivity contribution in [3.05, 3.63) is 28.8 Å². The first kappa shape index (κ1) is 17.4. The normalized spacial score (nSPS) is 11.6. The summed E-state index contributed by atoms with van der Waals surface area (Å²) in [6.07, 6.45) is 0. The van der Waals surface area contributed by atoms with Crippen LogP contribution >= 0.6 is 11.6 Å². The molecule has 2 N–H and O–H groups in total. The van der Waals surface area contributed by atoms with E-state index in [4.69, 9.17) is 22.6 Å². The van der Waals surface area contributed by atoms with Gasteiger partial charge in [-0.2, -0.15) is 9.57 Å². The molecule has 0 saturated heterocycles. The number of nitrogens with two attached hydrogens (primary N) is 1. The molecule has 6 nitrogen and oxygen atoms in total. The average Bonchev–Trinajstić information content (AvgIpc) is 2.36. The zero-order valence-electron chi connectivity index (χ0n) is 11.7. The van der Waals surface area contributed by atoms with E-state index in [9.17, 15) is 13.2 Å². The van der Waals surface area contributed by atoms with E-state index in [1.165, 1.54) is 18.2 Å². The molecule has 1 amide bonds. The molecule has 1 aromatic rings. The van der Waals surface area contributed by atoms with Crippen molar-refractivity contribution in [3.8, 4) is 6.07 Å². The number of primary amides is 1. The highest BCUT2D eigenvalue weighted by Crippen LogP contribution is 2.23. The Hall–Kier alpha value is -1.62. The lowest BCUT2D eigenvalue weighted by molar-refractivity contribution is -0.118. The fourth-order valence-corrected chi connectivity index (χ4v) is 3.61. The maximum Gasteiger partial charge on any atom is 0.243 e. The zero-order valence-corrected chi connectivity index (χ0v) is 13.3. The Balaban J connectivity index is 3.25. The van der Waals surface area contributed by atoms with Gasteiger partial charge in [-0.15, -0.1) is 0 Å². The van der Waals surface area contributed by atoms with Crippen molar-refractivity contribution in [2.45, 2.75) is 18.7 Å². The maximum atomic E-state index is 12.5. The largest absolute Gasteiger partial charge is 0.369 e. The van der Waals surface area contributed by atoms with Gasteiger partial charge < -0.3 is 5.73 Å². The van der Waals surface area contributed by atoms with Crippen LogP contribution in [0.15, 0.2) is 23.1 Å². The Morgan fingerprint density at radius 1 is 1.48 bits per heavy atom. The highest BCUT2D eigenvalue weighted by atomic mass is 35.5. The van der Waals surface area contributed by atoms with E-state index in [0.717, 1.165) is 4.31 Å². The molecule has 0 aliphatic carbocycles. The van der Waals surface area contributed by atoms with E-state index < -0.39 is 22.5 Å². The maximum absolute atomic E-state index is 12.5. The monoisotopic (exact) mass is 329 g/mol. The first-order valence-electron chi connectivity index (χ1n) is 6.16. The minimum Gasteiger partial charge on any atom is -0.369 e. The Morgan fingerprint density at radius 2 is 2.10 bits per heavy atom. The number of carbonyl (C=O) groups excluding carboxylic acids is 1. The van der Waals surface area contributed by atoms with E-state index >= 15 is 0 Å². The third kappa shape index (κ3) is 4.43. The van der Waals surface area contributed by atoms with Crippen molar-refractivity contribution in [3.63, 3.8) is 0 Å². The Kier molecular flexibility index (Phi) is 5.72. The molecule has 0 radical (unpaired) electrons. The van der Waals surface area contributed by atoms with Crippen LogP contribution in [0.5, 0.6) is 0 Å². The van der Waals surface area contributed by atoms with Crippen LogP contribution in [0.1, 0.15) is 19.4 Å². The molecule has 0 unspecified atom stereocenters. The predicted octanol–water partition coefficient (Wildman–Crippen LogP) is 1.34. The van der Waals surface area contributed by atoms with Gasteiger partial charge in [-0.25, -0.2) is 8.42 Å². The number of sulfonamides is 1. The highest BCUT2D eigenvalue weighted by molar-refractivity contribution is 7.89. The minimum absolute atomic E-state index is 0.0213. The Bertz CT molecular complexity index is 680. The second-order valence-electron chi connectivity index (χ2n) is 4.91. The lowest BCUT2D eigenvalue weighted by atomic mass is 10.2. The van der Waals surface area contributed by atoms with Crippen LogP contribution in [0, 0.1) is 17.2 Å². The fraction of sp³-hybridized carbons (Fsp3) is 0.385. The summed E-state index contributed by atoms with van der Waals surface area (Å²) in [5, 5.41) is 8.85. The summed E-state index contributed by atoms with van der Waals surface area (Å²) in [4.78, 5) is 11.0. The van der Waals surface area contributed by atoms with Crippen molar-refractivity contribution in [1.82, 2.24) is 4.31 Å². The molecule has 0 aliphatic heterocycles. The number of nitrogens with zero attached hydrogens (tertiary/aromatic N) is 2. The Labute approximate surface area is 129 Å². The van der Waals surface area contributed by atoms with Crippen LogP contribution in [0.4, 0.5) is 0 Å². The molecule has 0 saturated carbocycles. The van der Waals surface area contributed by atoms with Gasteiger partial charge in [-0.1, -0.05) is 25.4 Å². The standard InChI is InChI=1S/C13H16ClN3O3S/c1-9(2)7-17(8-13(16)18)21(19,20)11-4-3-10(6-15)12(14)5-11/h3-5,9H,7-8H2,1-2H3,(H2,16,18). The topological polar surface area (TPSA) is 104 Å². The predicted molar refractivity (Wildman–Crippen MR) is 79.0 cm³/mol. The van der Waals surface area contributed by atoms with Crippen LogP contribution in [-0.2, 0) is 14.8 Å². The summed E-state index contributed by atoms with van der Waals surface area (Å²) in [5.74, 6) is -0.716. The van der Waals surface area contributed by atoms with Gasteiger partial charge in [-0.05, 0) is 24.1 Å². The van der Waals surface area contributed by atoms with Gasteiger partial charge in [-0.3, -0.25) is 4.79 Å². The summed E-state index contributed by atoms with van der Waals surface area (Å²) in [5.41, 5.74) is 5.29. The van der Waals surface area contributed by atoms with E-state index in [0.29, 0.717) is 0 Å². The van der Waals surface area contributed by atoms with E-state index in [1.54, 1.807) is 0 Å². The summed E-state index contributed by atoms with van der Waals surface area (Å²) >= 11 is 5.85. The number of halogens is 1. The number of nitriles is 1. The number of amides is 1. The van der Waals surface area contributed by atoms with Gasteiger partial charge in [0.25, 0.3) is 0 Å². The molecule has 0 fully saturated rings. The SMILES string of the molecule is CC(C)CN(CC(N)=O)S(=O)(=O)c1ccc(C#N)c(Cl)c1. The van der Waals surface area contributed by atoms with Gasteiger partial charge in [0.05, 0.1) is 22.0 Å². The smallest absolute Gasteiger partial charge is 0.243 e. The lowest BCUT2D eigenvalue weighted by Gasteiger charge is -2.22. The molecule has 1 aromatic carbocycles. The van der Waals surface area contributed by atoms with Gasteiger partial charge in [0, 0.05) is 6.54 Å². The molecule has 0 atom stereocenters. The molecule has 8 heteroatoms. The molecule has 0 heterocycles. The molecular weight excluding hydrogens is 314 g/mol. The van der Waals surface area contributed by atoms with Crippen molar-refractivity contribution < 1.29 is 13.2 Å². The molecule has 0 spiro atoms. The zero-order chi connectivity index (χ0) is 16.2. The Morgan fingerprint density at radius 3 is 2.52 bits per heavy atom. The first-order chi connectivity index (χ1) is 9.68. The van der Waals surface area contributed by atoms with Crippen molar-refractivity contribution in [2.24, 2.45) is 11.7 Å². The summed E-state index contributed by atoms with van der Waals surface area (Å²) < 4.78 is 26.1. The molecule has 1 rings (SSSR count). The summed E-state index contributed by atoms with van der Waals surface area (Å²) in [6.45, 7) is 3.41. The van der Waals surface area contributed by atoms with E-state index in [2.05, 4.69) is 0 Å². The van der Waals surface area contributed by atoms with Gasteiger partial charge >= 0.3 is 0 Å². The molecule has 114 valence electrons. The molecule has 0 aliphatic rings. The van der Waals surface area contributed by atoms with Crippen LogP contribution in [0.2, 0.25) is 5.02 Å². The van der Waals surface area contributed by atoms with Crippen LogP contribution < -0.4 is 5.73 Å². The van der Waals surface area contributed by atoms with Crippen LogP contribution in [0.25, 0.3) is 0 Å². The minimum atomic E-state index is -3.90. The fourth-order valence-electron chi connectivity index (χ4n) is 1.72. The molecule has 21 heavy (non-hydrogen) atoms. The van der Waals surface area contributed by atoms with E-state index in [-0.39, 0.29) is 27.9 Å². The number of hydrogen-bond donors (Lipinski definition) is 1. The number of rotatable bonds is 6. The van der Waals surface area contributed by atoms with Crippen molar-refractivity contribution in [1.29, 1.82) is 5.26 Å². The van der Waals surface area contributed by atoms with E-state index in [1.807, 2.05) is 19.9 Å². The second-order valence-corrected chi connectivity index (χ2v) is 7.26. The molecule has 0 aromatic heterocycles. The van der Waals surface area contributed by atoms with Crippen LogP contribution in [-0.4, -0.2) is 31.7 Å². The number of carbonyl (C=O) groups is 1. The first-order valence-corrected chi connectivity index (χ1v) is 7.98. The lowest BCUT2D eigenvalue weighted by Crippen LogP contribution is -2.40. The van der Waals surface area contributed by atoms with Gasteiger partial charge in [0.15, 0.2) is 0 Å². The van der Waals surface area contributed by atoms with Gasteiger partial charge in [0.1, 0.15) is 6.07 Å². The van der Waals surface area contributed by atoms with Crippen LogP contribution in [0.3, 0.4) is 0 Å². The summed E-state index contributed by atoms with van der Waals surface area (Å²) in [7, 11) is -3.90. The third-order valence-electron chi connectivity index (χ3n) is 2.60. The molecular formula is C13H16ClN3O3S. The quantitative estimate of drug-likeness (QED) is 0.850. The second kappa shape index (κ2) is 6.89.